The molecule has 0 N–H and O–H groups in total. The standard InChI is InChI=1S/C16H16O3/c1-11(16(18)19-2)9-15(17)14-8-7-12-5-3-4-6-13(12)10-14/h3-8,10-11H,9H2,1-2H3. The van der Waals surface area contributed by atoms with Crippen LogP contribution < -0.4 is 0 Å². The number of benzene rings is 2. The molecule has 0 amide bonds. The molecule has 0 bridgehead atoms. The van der Waals surface area contributed by atoms with E-state index in [0.717, 1.165) is 10.8 Å². The van der Waals surface area contributed by atoms with Gasteiger partial charge in [-0.1, -0.05) is 43.3 Å². The molecule has 98 valence electrons. The molecular formula is C16H16O3. The van der Waals surface area contributed by atoms with E-state index in [2.05, 4.69) is 4.74 Å². The van der Waals surface area contributed by atoms with Gasteiger partial charge in [0.15, 0.2) is 5.78 Å². The van der Waals surface area contributed by atoms with Crippen molar-refractivity contribution in [3.8, 4) is 0 Å². The number of methoxy groups -OCH3 is 1. The molecule has 3 heteroatoms. The van der Waals surface area contributed by atoms with Crippen LogP contribution in [0.3, 0.4) is 0 Å². The summed E-state index contributed by atoms with van der Waals surface area (Å²) in [5.74, 6) is -0.804. The van der Waals surface area contributed by atoms with E-state index < -0.39 is 5.92 Å². The van der Waals surface area contributed by atoms with Crippen molar-refractivity contribution in [3.05, 3.63) is 48.0 Å². The number of hydrogen-bond donors (Lipinski definition) is 0. The maximum atomic E-state index is 12.1. The van der Waals surface area contributed by atoms with Gasteiger partial charge in [0.2, 0.25) is 0 Å². The largest absolute Gasteiger partial charge is 0.469 e. The number of Topliss-reactive ketones (excluding diaryl/α,β-unsaturated/α-hetero) is 1. The highest BCUT2D eigenvalue weighted by molar-refractivity contribution is 6.01. The fourth-order valence-electron chi connectivity index (χ4n) is 2.04. The molecular weight excluding hydrogens is 240 g/mol. The Balaban J connectivity index is 2.19. The Hall–Kier alpha value is -2.16. The maximum absolute atomic E-state index is 12.1. The summed E-state index contributed by atoms with van der Waals surface area (Å²) >= 11 is 0. The van der Waals surface area contributed by atoms with Crippen molar-refractivity contribution < 1.29 is 14.3 Å². The highest BCUT2D eigenvalue weighted by Crippen LogP contribution is 2.18. The molecule has 1 unspecified atom stereocenters. The van der Waals surface area contributed by atoms with Crippen molar-refractivity contribution in [3.63, 3.8) is 0 Å². The Morgan fingerprint density at radius 1 is 1.11 bits per heavy atom. The van der Waals surface area contributed by atoms with Crippen LogP contribution in [0.2, 0.25) is 0 Å². The highest BCUT2D eigenvalue weighted by Gasteiger charge is 2.18. The second-order valence-corrected chi connectivity index (χ2v) is 4.61. The van der Waals surface area contributed by atoms with Gasteiger partial charge in [0.1, 0.15) is 0 Å². The lowest BCUT2D eigenvalue weighted by molar-refractivity contribution is -0.144. The average Bonchev–Trinajstić information content (AvgIpc) is 2.45. The predicted molar refractivity (Wildman–Crippen MR) is 74.1 cm³/mol. The number of carbonyl (C=O) groups excluding carboxylic acids is 2. The van der Waals surface area contributed by atoms with Crippen LogP contribution in [0.4, 0.5) is 0 Å². The van der Waals surface area contributed by atoms with Gasteiger partial charge in [-0.05, 0) is 16.8 Å². The lowest BCUT2D eigenvalue weighted by Gasteiger charge is -2.08. The van der Waals surface area contributed by atoms with Crippen molar-refractivity contribution in [1.29, 1.82) is 0 Å². The highest BCUT2D eigenvalue weighted by atomic mass is 16.5. The number of ether oxygens (including phenoxy) is 1. The van der Waals surface area contributed by atoms with E-state index in [-0.39, 0.29) is 18.2 Å². The van der Waals surface area contributed by atoms with Gasteiger partial charge in [-0.15, -0.1) is 0 Å². The zero-order valence-electron chi connectivity index (χ0n) is 11.1. The molecule has 2 rings (SSSR count). The number of ketones is 1. The normalized spacial score (nSPS) is 12.1. The van der Waals surface area contributed by atoms with Gasteiger partial charge >= 0.3 is 5.97 Å². The summed E-state index contributed by atoms with van der Waals surface area (Å²) in [5, 5.41) is 2.12. The zero-order valence-corrected chi connectivity index (χ0v) is 11.1. The maximum Gasteiger partial charge on any atom is 0.308 e. The summed E-state index contributed by atoms with van der Waals surface area (Å²) in [4.78, 5) is 23.4. The first-order valence-electron chi connectivity index (χ1n) is 6.21. The van der Waals surface area contributed by atoms with Crippen LogP contribution in [0.25, 0.3) is 10.8 Å². The Kier molecular flexibility index (Phi) is 3.95. The summed E-state index contributed by atoms with van der Waals surface area (Å²) in [7, 11) is 1.33. The molecule has 19 heavy (non-hydrogen) atoms. The fraction of sp³-hybridized carbons (Fsp3) is 0.250. The third kappa shape index (κ3) is 2.99. The summed E-state index contributed by atoms with van der Waals surface area (Å²) in [6.07, 6.45) is 0.172. The van der Waals surface area contributed by atoms with Crippen LogP contribution in [-0.2, 0) is 9.53 Å². The minimum atomic E-state index is -0.413. The van der Waals surface area contributed by atoms with Crippen molar-refractivity contribution in [1.82, 2.24) is 0 Å². The average molecular weight is 256 g/mol. The van der Waals surface area contributed by atoms with Gasteiger partial charge in [-0.25, -0.2) is 0 Å². The third-order valence-electron chi connectivity index (χ3n) is 3.17. The van der Waals surface area contributed by atoms with E-state index in [1.807, 2.05) is 36.4 Å². The Bertz CT molecular complexity index is 616. The first-order chi connectivity index (χ1) is 9.11. The Morgan fingerprint density at radius 2 is 1.79 bits per heavy atom. The Morgan fingerprint density at radius 3 is 2.47 bits per heavy atom. The van der Waals surface area contributed by atoms with Gasteiger partial charge in [-0.3, -0.25) is 9.59 Å². The molecule has 0 fully saturated rings. The minimum Gasteiger partial charge on any atom is -0.469 e. The lowest BCUT2D eigenvalue weighted by atomic mass is 9.98. The molecule has 0 aliphatic carbocycles. The van der Waals surface area contributed by atoms with Gasteiger partial charge in [0.05, 0.1) is 13.0 Å². The topological polar surface area (TPSA) is 43.4 Å². The molecule has 0 saturated heterocycles. The van der Waals surface area contributed by atoms with Crippen molar-refractivity contribution in [2.24, 2.45) is 5.92 Å². The molecule has 2 aromatic carbocycles. The van der Waals surface area contributed by atoms with E-state index in [1.165, 1.54) is 7.11 Å². The molecule has 1 atom stereocenters. The molecule has 0 aromatic heterocycles. The SMILES string of the molecule is COC(=O)C(C)CC(=O)c1ccc2ccccc2c1. The summed E-state index contributed by atoms with van der Waals surface area (Å²) < 4.78 is 4.63. The first-order valence-corrected chi connectivity index (χ1v) is 6.21. The van der Waals surface area contributed by atoms with Crippen LogP contribution in [0.15, 0.2) is 42.5 Å². The molecule has 3 nitrogen and oxygen atoms in total. The quantitative estimate of drug-likeness (QED) is 0.623. The second kappa shape index (κ2) is 5.65. The number of hydrogen-bond acceptors (Lipinski definition) is 3. The van der Waals surface area contributed by atoms with E-state index in [0.29, 0.717) is 5.56 Å². The first kappa shape index (κ1) is 13.3. The number of carbonyl (C=O) groups is 2. The van der Waals surface area contributed by atoms with Crippen LogP contribution in [-0.4, -0.2) is 18.9 Å². The third-order valence-corrected chi connectivity index (χ3v) is 3.17. The van der Waals surface area contributed by atoms with Crippen LogP contribution >= 0.6 is 0 Å². The number of rotatable bonds is 4. The van der Waals surface area contributed by atoms with Crippen molar-refractivity contribution in [2.75, 3.05) is 7.11 Å². The van der Waals surface area contributed by atoms with E-state index in [4.69, 9.17) is 0 Å². The molecule has 2 aromatic rings. The minimum absolute atomic E-state index is 0.0383. The molecule has 0 aliphatic rings. The molecule has 0 saturated carbocycles. The van der Waals surface area contributed by atoms with Crippen molar-refractivity contribution in [2.45, 2.75) is 13.3 Å². The summed E-state index contributed by atoms with van der Waals surface area (Å²) in [6.45, 7) is 1.70. The molecule has 0 radical (unpaired) electrons. The van der Waals surface area contributed by atoms with Crippen LogP contribution in [0.1, 0.15) is 23.7 Å². The molecule has 0 heterocycles. The van der Waals surface area contributed by atoms with E-state index in [9.17, 15) is 9.59 Å². The monoisotopic (exact) mass is 256 g/mol. The van der Waals surface area contributed by atoms with Gasteiger partial charge in [-0.2, -0.15) is 0 Å². The molecule has 0 aliphatic heterocycles. The van der Waals surface area contributed by atoms with Crippen molar-refractivity contribution >= 4 is 22.5 Å². The lowest BCUT2D eigenvalue weighted by Crippen LogP contribution is -2.16. The number of fused-ring (bicyclic) bond motifs is 1. The predicted octanol–water partition coefficient (Wildman–Crippen LogP) is 3.22. The van der Waals surface area contributed by atoms with Gasteiger partial charge < -0.3 is 4.74 Å². The van der Waals surface area contributed by atoms with Crippen LogP contribution in [0.5, 0.6) is 0 Å². The smallest absolute Gasteiger partial charge is 0.308 e. The second-order valence-electron chi connectivity index (χ2n) is 4.61. The number of esters is 1. The van der Waals surface area contributed by atoms with E-state index in [1.54, 1.807) is 13.0 Å². The van der Waals surface area contributed by atoms with Crippen LogP contribution in [0, 0.1) is 5.92 Å². The summed E-state index contributed by atoms with van der Waals surface area (Å²) in [6, 6.07) is 13.5. The van der Waals surface area contributed by atoms with Gasteiger partial charge in [0.25, 0.3) is 0 Å². The Labute approximate surface area is 112 Å². The van der Waals surface area contributed by atoms with E-state index >= 15 is 0 Å². The fourth-order valence-corrected chi connectivity index (χ4v) is 2.04. The molecule has 0 spiro atoms. The zero-order chi connectivity index (χ0) is 13.8. The van der Waals surface area contributed by atoms with Gasteiger partial charge in [0, 0.05) is 12.0 Å². The summed E-state index contributed by atoms with van der Waals surface area (Å²) in [5.41, 5.74) is 0.634.